The molecule has 1 atom stereocenters. The number of hydrogen-bond acceptors (Lipinski definition) is 7. The van der Waals surface area contributed by atoms with Gasteiger partial charge >= 0.3 is 11.6 Å². The quantitative estimate of drug-likeness (QED) is 0.383. The maximum atomic E-state index is 13.0. The van der Waals surface area contributed by atoms with Crippen LogP contribution in [0.15, 0.2) is 50.0 Å². The van der Waals surface area contributed by atoms with E-state index in [1.807, 2.05) is 0 Å². The number of carbonyl (C=O) groups excluding carboxylic acids is 1. The van der Waals surface area contributed by atoms with Crippen LogP contribution in [-0.2, 0) is 9.53 Å². The zero-order chi connectivity index (χ0) is 25.0. The summed E-state index contributed by atoms with van der Waals surface area (Å²) in [4.78, 5) is 30.4. The van der Waals surface area contributed by atoms with Gasteiger partial charge in [-0.25, -0.2) is 14.2 Å². The number of aromatic nitrogens is 2. The molecule has 0 bridgehead atoms. The number of nitrogen functional groups attached to an aromatic ring is 1. The summed E-state index contributed by atoms with van der Waals surface area (Å²) in [5.41, 5.74) is 6.12. The highest BCUT2D eigenvalue weighted by molar-refractivity contribution is 6.36. The number of ether oxygens (including phenoxy) is 1. The number of hydrogen-bond donors (Lipinski definition) is 1. The van der Waals surface area contributed by atoms with Gasteiger partial charge in [0, 0.05) is 20.1 Å². The van der Waals surface area contributed by atoms with Gasteiger partial charge in [-0.1, -0.05) is 58.5 Å². The standard InChI is InChI=1S/C23H13Cl4N3O5/c1-33-22(32)17-16(12-5-4-11(25)8-14(12)27)18-20(35-23(28)29-18)30-15(21(31)34-19(17)30)6-9-2-3-10(24)7-13(9)26/h2-8,16H,1H3,(H2,28,29)/b15-6+. The van der Waals surface area contributed by atoms with E-state index >= 15 is 0 Å². The van der Waals surface area contributed by atoms with Crippen molar-refractivity contribution in [1.82, 2.24) is 9.55 Å². The molecular weight excluding hydrogens is 540 g/mol. The lowest BCUT2D eigenvalue weighted by Crippen LogP contribution is -2.37. The molecule has 2 aromatic heterocycles. The van der Waals surface area contributed by atoms with Crippen molar-refractivity contribution in [3.8, 4) is 5.88 Å². The molecule has 5 rings (SSSR count). The van der Waals surface area contributed by atoms with E-state index in [2.05, 4.69) is 4.98 Å². The average Bonchev–Trinajstić information content (AvgIpc) is 3.33. The zero-order valence-electron chi connectivity index (χ0n) is 17.6. The summed E-state index contributed by atoms with van der Waals surface area (Å²) < 4.78 is 17.6. The third-order valence-electron chi connectivity index (χ3n) is 5.42. The highest BCUT2D eigenvalue weighted by Crippen LogP contribution is 2.41. The number of benzene rings is 2. The Morgan fingerprint density at radius 1 is 1.09 bits per heavy atom. The lowest BCUT2D eigenvalue weighted by Gasteiger charge is -2.22. The van der Waals surface area contributed by atoms with Crippen LogP contribution in [0.2, 0.25) is 20.1 Å². The first-order valence-electron chi connectivity index (χ1n) is 9.92. The number of methoxy groups -OCH3 is 1. The lowest BCUT2D eigenvalue weighted by molar-refractivity contribution is -0.134. The number of rotatable bonds is 3. The van der Waals surface area contributed by atoms with Gasteiger partial charge in [0.2, 0.25) is 11.4 Å². The Kier molecular flexibility index (Phi) is 5.93. The van der Waals surface area contributed by atoms with Crippen LogP contribution in [0, 0.1) is 0 Å². The molecule has 2 N–H and O–H groups in total. The van der Waals surface area contributed by atoms with Gasteiger partial charge in [0.1, 0.15) is 16.6 Å². The largest absolute Gasteiger partial charge is 0.465 e. The van der Waals surface area contributed by atoms with E-state index in [1.54, 1.807) is 24.3 Å². The molecule has 1 aliphatic heterocycles. The molecule has 35 heavy (non-hydrogen) atoms. The average molecular weight is 553 g/mol. The Morgan fingerprint density at radius 3 is 2.43 bits per heavy atom. The minimum Gasteiger partial charge on any atom is -0.465 e. The molecule has 8 nitrogen and oxygen atoms in total. The molecule has 0 radical (unpaired) electrons. The number of fused-ring (bicyclic) bond motifs is 3. The van der Waals surface area contributed by atoms with E-state index in [-0.39, 0.29) is 39.1 Å². The molecule has 0 saturated carbocycles. The molecule has 1 aliphatic rings. The molecular formula is C23H13Cl4N3O5. The summed E-state index contributed by atoms with van der Waals surface area (Å²) >= 11 is 24.8. The van der Waals surface area contributed by atoms with Crippen LogP contribution in [-0.4, -0.2) is 22.6 Å². The van der Waals surface area contributed by atoms with E-state index in [1.165, 1.54) is 29.9 Å². The highest BCUT2D eigenvalue weighted by Gasteiger charge is 2.40. The number of nitrogens with two attached hydrogens (primary N) is 1. The topological polar surface area (TPSA) is 113 Å². The van der Waals surface area contributed by atoms with Crippen LogP contribution in [0.1, 0.15) is 22.7 Å². The summed E-state index contributed by atoms with van der Waals surface area (Å²) in [7, 11) is 1.20. The normalized spacial score (nSPS) is 15.2. The summed E-state index contributed by atoms with van der Waals surface area (Å²) in [5.74, 6) is -1.63. The van der Waals surface area contributed by atoms with E-state index < -0.39 is 17.5 Å². The Labute approximate surface area is 216 Å². The summed E-state index contributed by atoms with van der Waals surface area (Å²) in [6.45, 7) is 0. The van der Waals surface area contributed by atoms with Crippen LogP contribution < -0.4 is 22.3 Å². The fourth-order valence-corrected chi connectivity index (χ4v) is 4.94. The Hall–Kier alpha value is -3.17. The minimum absolute atomic E-state index is 0.00341. The molecule has 3 heterocycles. The summed E-state index contributed by atoms with van der Waals surface area (Å²) in [6, 6.07) is 9.32. The highest BCUT2D eigenvalue weighted by atomic mass is 35.5. The Morgan fingerprint density at radius 2 is 1.77 bits per heavy atom. The van der Waals surface area contributed by atoms with Crippen molar-refractivity contribution >= 4 is 70.0 Å². The number of nitrogens with zero attached hydrogens (tertiary/aromatic N) is 2. The van der Waals surface area contributed by atoms with E-state index in [4.69, 9.17) is 65.7 Å². The number of carbonyl (C=O) groups is 1. The molecule has 1 unspecified atom stereocenters. The van der Waals surface area contributed by atoms with Gasteiger partial charge in [0.25, 0.3) is 6.01 Å². The molecule has 2 aromatic carbocycles. The van der Waals surface area contributed by atoms with Crippen molar-refractivity contribution in [2.24, 2.45) is 0 Å². The van der Waals surface area contributed by atoms with Gasteiger partial charge in [-0.3, -0.25) is 0 Å². The van der Waals surface area contributed by atoms with Crippen LogP contribution in [0.25, 0.3) is 17.5 Å². The fourth-order valence-electron chi connectivity index (χ4n) is 3.96. The van der Waals surface area contributed by atoms with Crippen LogP contribution in [0.4, 0.5) is 6.01 Å². The Balaban J connectivity index is 1.93. The van der Waals surface area contributed by atoms with Gasteiger partial charge in [0.05, 0.1) is 13.0 Å². The van der Waals surface area contributed by atoms with Crippen molar-refractivity contribution in [3.63, 3.8) is 0 Å². The smallest absolute Gasteiger partial charge is 0.362 e. The predicted octanol–water partition coefficient (Wildman–Crippen LogP) is 3.91. The van der Waals surface area contributed by atoms with E-state index in [9.17, 15) is 9.59 Å². The maximum Gasteiger partial charge on any atom is 0.362 e. The second-order valence-electron chi connectivity index (χ2n) is 7.47. The van der Waals surface area contributed by atoms with Crippen molar-refractivity contribution in [2.75, 3.05) is 12.8 Å². The summed E-state index contributed by atoms with van der Waals surface area (Å²) in [5, 5.41) is 1.36. The molecule has 0 fully saturated rings. The molecule has 0 aliphatic carbocycles. The molecule has 0 spiro atoms. The minimum atomic E-state index is -0.930. The van der Waals surface area contributed by atoms with E-state index in [0.29, 0.717) is 26.2 Å². The predicted molar refractivity (Wildman–Crippen MR) is 132 cm³/mol. The van der Waals surface area contributed by atoms with Gasteiger partial charge in [-0.2, -0.15) is 4.98 Å². The third kappa shape index (κ3) is 3.92. The second kappa shape index (κ2) is 8.80. The molecule has 178 valence electrons. The van der Waals surface area contributed by atoms with E-state index in [0.717, 1.165) is 0 Å². The van der Waals surface area contributed by atoms with Crippen LogP contribution in [0.3, 0.4) is 0 Å². The van der Waals surface area contributed by atoms with Crippen molar-refractivity contribution in [1.29, 1.82) is 0 Å². The first kappa shape index (κ1) is 23.6. The third-order valence-corrected chi connectivity index (χ3v) is 6.55. The fraction of sp³-hybridized carbons (Fsp3) is 0.0870. The molecule has 4 aromatic rings. The first-order valence-corrected chi connectivity index (χ1v) is 11.4. The van der Waals surface area contributed by atoms with Gasteiger partial charge in [-0.05, 0) is 41.5 Å². The lowest BCUT2D eigenvalue weighted by atomic mass is 9.87. The zero-order valence-corrected chi connectivity index (χ0v) is 20.7. The van der Waals surface area contributed by atoms with Crippen LogP contribution in [0.5, 0.6) is 0 Å². The van der Waals surface area contributed by atoms with Crippen molar-refractivity contribution in [2.45, 2.75) is 5.92 Å². The van der Waals surface area contributed by atoms with Gasteiger partial charge < -0.3 is 19.3 Å². The molecule has 12 heteroatoms. The number of esters is 1. The molecule has 0 amide bonds. The SMILES string of the molecule is COC(=O)C1=c2oc(=O)/c(=C\c3ccc(Cl)cc3Cl)n2-c2oc(N)nc2C1c1ccc(Cl)cc1Cl. The number of halogens is 4. The summed E-state index contributed by atoms with van der Waals surface area (Å²) in [6.07, 6.45) is 1.47. The van der Waals surface area contributed by atoms with Crippen molar-refractivity contribution < 1.29 is 18.4 Å². The second-order valence-corrected chi connectivity index (χ2v) is 9.16. The monoisotopic (exact) mass is 551 g/mol. The Bertz CT molecular complexity index is 1700. The van der Waals surface area contributed by atoms with Crippen LogP contribution >= 0.6 is 46.4 Å². The first-order chi connectivity index (χ1) is 16.7. The number of anilines is 1. The van der Waals surface area contributed by atoms with Gasteiger partial charge in [-0.15, -0.1) is 0 Å². The number of oxazole rings is 2. The molecule has 0 saturated heterocycles. The van der Waals surface area contributed by atoms with Gasteiger partial charge in [0.15, 0.2) is 0 Å². The maximum absolute atomic E-state index is 13.0. The van der Waals surface area contributed by atoms with Crippen molar-refractivity contribution in [3.05, 3.63) is 94.6 Å².